The van der Waals surface area contributed by atoms with Crippen molar-refractivity contribution >= 4 is 13.7 Å². The SMILES string of the molecule is CC/C=C\C/C=C\C/C=C\C/C=C\C/C=C\C/C=C\C/C=C\C/C=C\C/C=C\CCCCCCCCCCCCCCCC(=O)NC(COP(=O)([O-])OCC[N+](C)(C)C)C(O)/C=C/CCCCCCCCCCCCCCCCCCCCCCC. The Labute approximate surface area is 533 Å². The maximum atomic E-state index is 13.0. The van der Waals surface area contributed by atoms with E-state index >= 15 is 0 Å². The first-order valence-electron chi connectivity index (χ1n) is 35.9. The minimum atomic E-state index is -4.61. The second-order valence-corrected chi connectivity index (χ2v) is 26.6. The lowest BCUT2D eigenvalue weighted by Crippen LogP contribution is -2.45. The first kappa shape index (κ1) is 82.9. The molecule has 0 fully saturated rings. The fraction of sp³-hybridized carbons (Fsp3) is 0.727. The third-order valence-electron chi connectivity index (χ3n) is 15.7. The van der Waals surface area contributed by atoms with Gasteiger partial charge in [-0.05, 0) is 89.9 Å². The molecule has 0 heterocycles. The van der Waals surface area contributed by atoms with E-state index in [0.717, 1.165) is 96.3 Å². The number of amides is 1. The van der Waals surface area contributed by atoms with Crippen LogP contribution in [0.1, 0.15) is 309 Å². The zero-order valence-electron chi connectivity index (χ0n) is 56.7. The van der Waals surface area contributed by atoms with Crippen molar-refractivity contribution in [3.63, 3.8) is 0 Å². The molecule has 3 unspecified atom stereocenters. The number of phosphoric acid groups is 1. The summed E-state index contributed by atoms with van der Waals surface area (Å²) in [5.74, 6) is -0.199. The standard InChI is InChI=1S/C77H137N2O6P/c1-6-8-10-12-14-16-18-20-22-24-26-28-30-31-32-33-34-35-36-37-38-39-40-41-42-43-44-45-46-47-49-51-53-55-57-59-61-63-65-67-69-71-77(81)78-75(74-85-86(82,83)84-73-72-79(3,4)5)76(80)70-68-66-64-62-60-58-56-54-52-50-48-29-27-25-23-21-19-17-15-13-11-9-7-2/h8,10,14,16,20,22,26,28,31-32,34-35,37-38,40-41,43-44,68,70,75-76,80H,6-7,9,11-13,15,17-19,21,23-25,27,29-30,33,36,39,42,45-67,69,71-74H2,1-5H3,(H-,78,81,82,83)/b10-8-,16-14-,22-20-,28-26-,32-31-,35-34-,38-37-,41-40-,44-43-,70-68+. The Hall–Kier alpha value is -3.10. The summed E-state index contributed by atoms with van der Waals surface area (Å²) >= 11 is 0. The lowest BCUT2D eigenvalue weighted by molar-refractivity contribution is -0.870. The minimum absolute atomic E-state index is 0.00476. The first-order chi connectivity index (χ1) is 42.0. The van der Waals surface area contributed by atoms with Crippen molar-refractivity contribution in [3.05, 3.63) is 122 Å². The van der Waals surface area contributed by atoms with Crippen LogP contribution in [0.2, 0.25) is 0 Å². The summed E-state index contributed by atoms with van der Waals surface area (Å²) in [6, 6.07) is -0.895. The highest BCUT2D eigenvalue weighted by Gasteiger charge is 2.23. The molecule has 1 amide bonds. The van der Waals surface area contributed by atoms with Gasteiger partial charge in [0.2, 0.25) is 5.91 Å². The number of aliphatic hydroxyl groups excluding tert-OH is 1. The zero-order chi connectivity index (χ0) is 62.6. The van der Waals surface area contributed by atoms with Crippen LogP contribution in [0.3, 0.4) is 0 Å². The molecule has 0 spiro atoms. The average molecular weight is 1220 g/mol. The number of hydrogen-bond acceptors (Lipinski definition) is 6. The van der Waals surface area contributed by atoms with Gasteiger partial charge in [0.25, 0.3) is 7.82 Å². The predicted octanol–water partition coefficient (Wildman–Crippen LogP) is 22.6. The zero-order valence-corrected chi connectivity index (χ0v) is 57.6. The fourth-order valence-electron chi connectivity index (χ4n) is 10.1. The van der Waals surface area contributed by atoms with E-state index in [-0.39, 0.29) is 19.1 Å². The summed E-state index contributed by atoms with van der Waals surface area (Å²) in [4.78, 5) is 25.6. The molecule has 0 aromatic carbocycles. The van der Waals surface area contributed by atoms with E-state index in [1.165, 1.54) is 193 Å². The average Bonchev–Trinajstić information content (AvgIpc) is 3.70. The lowest BCUT2D eigenvalue weighted by Gasteiger charge is -2.29. The monoisotopic (exact) mass is 1220 g/mol. The largest absolute Gasteiger partial charge is 0.756 e. The van der Waals surface area contributed by atoms with Crippen LogP contribution in [0.5, 0.6) is 0 Å². The number of quaternary nitrogens is 1. The maximum Gasteiger partial charge on any atom is 0.268 e. The molecule has 0 radical (unpaired) electrons. The Balaban J connectivity index is 4.07. The van der Waals surface area contributed by atoms with Crippen LogP contribution in [0.25, 0.3) is 0 Å². The van der Waals surface area contributed by atoms with Gasteiger partial charge in [-0.25, -0.2) is 0 Å². The van der Waals surface area contributed by atoms with Crippen LogP contribution in [-0.4, -0.2) is 68.5 Å². The van der Waals surface area contributed by atoms with Crippen LogP contribution in [-0.2, 0) is 18.4 Å². The summed E-state index contributed by atoms with van der Waals surface area (Å²) in [5, 5.41) is 14.0. The quantitative estimate of drug-likeness (QED) is 0.0272. The smallest absolute Gasteiger partial charge is 0.268 e. The number of allylic oxidation sites excluding steroid dienone is 19. The predicted molar refractivity (Wildman–Crippen MR) is 375 cm³/mol. The Morgan fingerprint density at radius 2 is 0.709 bits per heavy atom. The topological polar surface area (TPSA) is 108 Å². The van der Waals surface area contributed by atoms with Gasteiger partial charge >= 0.3 is 0 Å². The van der Waals surface area contributed by atoms with Crippen LogP contribution < -0.4 is 10.2 Å². The number of likely N-dealkylation sites (N-methyl/N-ethyl adjacent to an activating group) is 1. The molecule has 0 aromatic rings. The van der Waals surface area contributed by atoms with Crippen molar-refractivity contribution in [2.45, 2.75) is 321 Å². The molecular formula is C77H137N2O6P. The van der Waals surface area contributed by atoms with E-state index in [9.17, 15) is 19.4 Å². The van der Waals surface area contributed by atoms with Crippen LogP contribution in [0, 0.1) is 0 Å². The van der Waals surface area contributed by atoms with Gasteiger partial charge in [-0.15, -0.1) is 0 Å². The number of carbonyl (C=O) groups excluding carboxylic acids is 1. The molecular weight excluding hydrogens is 1080 g/mol. The number of carbonyl (C=O) groups is 1. The van der Waals surface area contributed by atoms with Crippen molar-refractivity contribution in [1.29, 1.82) is 0 Å². The summed E-state index contributed by atoms with van der Waals surface area (Å²) in [7, 11) is 1.26. The molecule has 0 rings (SSSR count). The van der Waals surface area contributed by atoms with Crippen molar-refractivity contribution in [2.24, 2.45) is 0 Å². The number of nitrogens with zero attached hydrogens (tertiary/aromatic N) is 1. The third kappa shape index (κ3) is 68.4. The Kier molecular flexibility index (Phi) is 63.9. The second kappa shape index (κ2) is 66.3. The molecule has 3 atom stereocenters. The number of aliphatic hydroxyl groups is 1. The third-order valence-corrected chi connectivity index (χ3v) is 16.6. The van der Waals surface area contributed by atoms with E-state index in [1.807, 2.05) is 27.2 Å². The van der Waals surface area contributed by atoms with Crippen molar-refractivity contribution in [1.82, 2.24) is 5.32 Å². The van der Waals surface area contributed by atoms with E-state index in [0.29, 0.717) is 17.4 Å². The van der Waals surface area contributed by atoms with Crippen LogP contribution in [0.15, 0.2) is 122 Å². The van der Waals surface area contributed by atoms with E-state index in [2.05, 4.69) is 129 Å². The molecule has 0 bridgehead atoms. The van der Waals surface area contributed by atoms with Gasteiger partial charge in [0.15, 0.2) is 0 Å². The summed E-state index contributed by atoms with van der Waals surface area (Å²) in [6.45, 7) is 4.56. The number of unbranched alkanes of at least 4 members (excludes halogenated alkanes) is 34. The second-order valence-electron chi connectivity index (χ2n) is 25.2. The number of phosphoric ester groups is 1. The van der Waals surface area contributed by atoms with E-state index < -0.39 is 20.0 Å². The highest BCUT2D eigenvalue weighted by atomic mass is 31.2. The van der Waals surface area contributed by atoms with Crippen LogP contribution in [0.4, 0.5) is 0 Å². The number of hydrogen-bond donors (Lipinski definition) is 2. The molecule has 0 aliphatic rings. The number of rotatable bonds is 65. The molecule has 0 aromatic heterocycles. The Morgan fingerprint density at radius 1 is 0.419 bits per heavy atom. The molecule has 86 heavy (non-hydrogen) atoms. The molecule has 8 nitrogen and oxygen atoms in total. The van der Waals surface area contributed by atoms with Gasteiger partial charge in [-0.3, -0.25) is 9.36 Å². The van der Waals surface area contributed by atoms with E-state index in [4.69, 9.17) is 9.05 Å². The molecule has 0 saturated carbocycles. The number of nitrogens with one attached hydrogen (secondary N) is 1. The van der Waals surface area contributed by atoms with Gasteiger partial charge < -0.3 is 28.8 Å². The van der Waals surface area contributed by atoms with Crippen molar-refractivity contribution in [3.8, 4) is 0 Å². The van der Waals surface area contributed by atoms with Crippen molar-refractivity contribution < 1.29 is 32.9 Å². The van der Waals surface area contributed by atoms with Gasteiger partial charge in [-0.2, -0.15) is 0 Å². The lowest BCUT2D eigenvalue weighted by atomic mass is 10.0. The van der Waals surface area contributed by atoms with Crippen LogP contribution >= 0.6 is 7.82 Å². The molecule has 2 N–H and O–H groups in total. The molecule has 0 aliphatic heterocycles. The summed E-state index contributed by atoms with van der Waals surface area (Å²) in [5.41, 5.74) is 0. The minimum Gasteiger partial charge on any atom is -0.756 e. The van der Waals surface area contributed by atoms with Gasteiger partial charge in [0.1, 0.15) is 13.2 Å². The van der Waals surface area contributed by atoms with Crippen molar-refractivity contribution in [2.75, 3.05) is 40.9 Å². The Bertz CT molecular complexity index is 1820. The highest BCUT2D eigenvalue weighted by Crippen LogP contribution is 2.38. The summed E-state index contributed by atoms with van der Waals surface area (Å²) < 4.78 is 23.5. The summed E-state index contributed by atoms with van der Waals surface area (Å²) in [6.07, 6.45) is 98.8. The normalized spacial score (nSPS) is 14.4. The van der Waals surface area contributed by atoms with Gasteiger partial charge in [0, 0.05) is 6.42 Å². The first-order valence-corrected chi connectivity index (χ1v) is 37.4. The Morgan fingerprint density at radius 3 is 1.03 bits per heavy atom. The van der Waals surface area contributed by atoms with Gasteiger partial charge in [-0.1, -0.05) is 334 Å². The maximum absolute atomic E-state index is 13.0. The fourth-order valence-corrected chi connectivity index (χ4v) is 10.9. The highest BCUT2D eigenvalue weighted by molar-refractivity contribution is 7.45. The molecule has 9 heteroatoms. The van der Waals surface area contributed by atoms with Gasteiger partial charge in [0.05, 0.1) is 39.9 Å². The molecule has 496 valence electrons. The molecule has 0 saturated heterocycles. The molecule has 0 aliphatic carbocycles. The van der Waals surface area contributed by atoms with E-state index in [1.54, 1.807) is 6.08 Å².